The van der Waals surface area contributed by atoms with Gasteiger partial charge in [0.1, 0.15) is 0 Å². The molecule has 2 aliphatic rings. The fourth-order valence-corrected chi connectivity index (χ4v) is 3.98. The minimum absolute atomic E-state index is 0.249. The number of rotatable bonds is 6. The first-order valence-electron chi connectivity index (χ1n) is 9.45. The van der Waals surface area contributed by atoms with Crippen LogP contribution in [0, 0.1) is 12.8 Å². The summed E-state index contributed by atoms with van der Waals surface area (Å²) in [4.78, 5) is 4.79. The number of β-amino-alcohol motifs (C(OH)–C–C–N with tert-alkyl or cyclic N) is 1. The first-order valence-corrected chi connectivity index (χ1v) is 9.45. The van der Waals surface area contributed by atoms with E-state index < -0.39 is 0 Å². The van der Waals surface area contributed by atoms with E-state index in [1.54, 1.807) is 0 Å². The zero-order valence-electron chi connectivity index (χ0n) is 15.0. The molecule has 0 spiro atoms. The smallest absolute Gasteiger partial charge is 0.0793 e. The lowest BCUT2D eigenvalue weighted by atomic mass is 9.91. The molecule has 0 aliphatic carbocycles. The third-order valence-corrected chi connectivity index (χ3v) is 5.29. The Morgan fingerprint density at radius 1 is 1.08 bits per heavy atom. The maximum atomic E-state index is 10.4. The van der Waals surface area contributed by atoms with Crippen LogP contribution in [0.25, 0.3) is 0 Å². The third kappa shape index (κ3) is 5.55. The van der Waals surface area contributed by atoms with Crippen molar-refractivity contribution in [2.75, 3.05) is 52.5 Å². The van der Waals surface area contributed by atoms with Gasteiger partial charge in [-0.1, -0.05) is 29.8 Å². The monoisotopic (exact) mass is 332 g/mol. The van der Waals surface area contributed by atoms with Crippen LogP contribution in [-0.2, 0) is 11.2 Å². The van der Waals surface area contributed by atoms with Crippen LogP contribution in [0.1, 0.15) is 24.0 Å². The van der Waals surface area contributed by atoms with Gasteiger partial charge in [-0.2, -0.15) is 0 Å². The van der Waals surface area contributed by atoms with Gasteiger partial charge in [0.2, 0.25) is 0 Å². The fraction of sp³-hybridized carbons (Fsp3) is 0.700. The number of ether oxygens (including phenoxy) is 1. The van der Waals surface area contributed by atoms with Gasteiger partial charge in [-0.15, -0.1) is 0 Å². The molecule has 2 saturated heterocycles. The number of aliphatic hydroxyl groups is 1. The lowest BCUT2D eigenvalue weighted by Crippen LogP contribution is -2.46. The predicted molar refractivity (Wildman–Crippen MR) is 97.3 cm³/mol. The number of piperidine rings is 1. The third-order valence-electron chi connectivity index (χ3n) is 5.29. The maximum Gasteiger partial charge on any atom is 0.0793 e. The van der Waals surface area contributed by atoms with Gasteiger partial charge < -0.3 is 14.7 Å². The van der Waals surface area contributed by atoms with Gasteiger partial charge in [-0.05, 0) is 44.2 Å². The minimum atomic E-state index is -0.249. The van der Waals surface area contributed by atoms with Crippen LogP contribution in [0.3, 0.4) is 0 Å². The van der Waals surface area contributed by atoms with Crippen molar-refractivity contribution in [3.05, 3.63) is 35.4 Å². The Balaban J connectivity index is 1.43. The van der Waals surface area contributed by atoms with Crippen molar-refractivity contribution in [2.24, 2.45) is 5.92 Å². The number of hydrogen-bond acceptors (Lipinski definition) is 4. The number of aryl methyl sites for hydroxylation is 1. The molecular formula is C20H32N2O2. The standard InChI is InChI=1S/C20H32N2O2/c1-17-4-6-18(7-5-17)13-19-3-2-8-22(14-19)16-20(23)15-21-9-11-24-12-10-21/h4-7,19-20,23H,2-3,8-16H2,1H3. The molecule has 134 valence electrons. The van der Waals surface area contributed by atoms with Crippen molar-refractivity contribution >= 4 is 0 Å². The molecule has 0 radical (unpaired) electrons. The molecule has 2 unspecified atom stereocenters. The molecule has 0 bridgehead atoms. The van der Waals surface area contributed by atoms with E-state index in [2.05, 4.69) is 41.0 Å². The Labute approximate surface area is 146 Å². The lowest BCUT2D eigenvalue weighted by Gasteiger charge is -2.35. The summed E-state index contributed by atoms with van der Waals surface area (Å²) >= 11 is 0. The van der Waals surface area contributed by atoms with Gasteiger partial charge >= 0.3 is 0 Å². The van der Waals surface area contributed by atoms with Gasteiger partial charge in [0.15, 0.2) is 0 Å². The van der Waals surface area contributed by atoms with Crippen LogP contribution in [0.4, 0.5) is 0 Å². The van der Waals surface area contributed by atoms with Crippen molar-refractivity contribution in [3.63, 3.8) is 0 Å². The van der Waals surface area contributed by atoms with Crippen LogP contribution in [0.2, 0.25) is 0 Å². The second-order valence-electron chi connectivity index (χ2n) is 7.52. The molecule has 0 saturated carbocycles. The van der Waals surface area contributed by atoms with Crippen molar-refractivity contribution in [1.29, 1.82) is 0 Å². The summed E-state index contributed by atoms with van der Waals surface area (Å²) in [5.74, 6) is 0.719. The number of benzene rings is 1. The number of aliphatic hydroxyl groups excluding tert-OH is 1. The molecule has 4 nitrogen and oxygen atoms in total. The van der Waals surface area contributed by atoms with Crippen molar-refractivity contribution < 1.29 is 9.84 Å². The van der Waals surface area contributed by atoms with Crippen LogP contribution in [0.15, 0.2) is 24.3 Å². The molecule has 2 heterocycles. The summed E-state index contributed by atoms with van der Waals surface area (Å²) in [6, 6.07) is 8.95. The van der Waals surface area contributed by atoms with Gasteiger partial charge in [-0.25, -0.2) is 0 Å². The predicted octanol–water partition coefficient (Wildman–Crippen LogP) is 1.94. The molecule has 24 heavy (non-hydrogen) atoms. The average molecular weight is 332 g/mol. The van der Waals surface area contributed by atoms with E-state index in [-0.39, 0.29) is 6.10 Å². The maximum absolute atomic E-state index is 10.4. The van der Waals surface area contributed by atoms with Crippen molar-refractivity contribution in [2.45, 2.75) is 32.3 Å². The van der Waals surface area contributed by atoms with Crippen LogP contribution in [-0.4, -0.2) is 73.5 Å². The van der Waals surface area contributed by atoms with Crippen LogP contribution in [0.5, 0.6) is 0 Å². The normalized spacial score (nSPS) is 24.8. The minimum Gasteiger partial charge on any atom is -0.390 e. The summed E-state index contributed by atoms with van der Waals surface area (Å²) in [5.41, 5.74) is 2.77. The molecular weight excluding hydrogens is 300 g/mol. The number of likely N-dealkylation sites (tertiary alicyclic amines) is 1. The SMILES string of the molecule is Cc1ccc(CC2CCCN(CC(O)CN3CCOCC3)C2)cc1. The zero-order chi connectivity index (χ0) is 16.8. The summed E-state index contributed by atoms with van der Waals surface area (Å²) < 4.78 is 5.38. The Kier molecular flexibility index (Phi) is 6.67. The van der Waals surface area contributed by atoms with E-state index >= 15 is 0 Å². The highest BCUT2D eigenvalue weighted by Gasteiger charge is 2.23. The van der Waals surface area contributed by atoms with Crippen molar-refractivity contribution in [1.82, 2.24) is 9.80 Å². The van der Waals surface area contributed by atoms with E-state index in [1.807, 2.05) is 0 Å². The topological polar surface area (TPSA) is 35.9 Å². The number of nitrogens with zero attached hydrogens (tertiary/aromatic N) is 2. The molecule has 3 rings (SSSR count). The highest BCUT2D eigenvalue weighted by molar-refractivity contribution is 5.21. The molecule has 2 atom stereocenters. The Hall–Kier alpha value is -0.940. The van der Waals surface area contributed by atoms with Crippen LogP contribution >= 0.6 is 0 Å². The van der Waals surface area contributed by atoms with Gasteiger partial charge in [-0.3, -0.25) is 4.90 Å². The highest BCUT2D eigenvalue weighted by atomic mass is 16.5. The first kappa shape index (κ1) is 17.9. The second-order valence-corrected chi connectivity index (χ2v) is 7.52. The summed E-state index contributed by atoms with van der Waals surface area (Å²) in [7, 11) is 0. The Morgan fingerprint density at radius 3 is 2.54 bits per heavy atom. The first-order chi connectivity index (χ1) is 11.7. The quantitative estimate of drug-likeness (QED) is 0.864. The van der Waals surface area contributed by atoms with Gasteiger partial charge in [0.05, 0.1) is 19.3 Å². The summed E-state index contributed by atoms with van der Waals surface area (Å²) in [6.45, 7) is 9.48. The van der Waals surface area contributed by atoms with E-state index in [9.17, 15) is 5.11 Å². The molecule has 0 aromatic heterocycles. The Morgan fingerprint density at radius 2 is 1.79 bits per heavy atom. The van der Waals surface area contributed by atoms with Crippen molar-refractivity contribution in [3.8, 4) is 0 Å². The van der Waals surface area contributed by atoms with E-state index in [1.165, 1.54) is 24.0 Å². The Bertz CT molecular complexity index is 485. The summed E-state index contributed by atoms with van der Waals surface area (Å²) in [5, 5.41) is 10.4. The zero-order valence-corrected chi connectivity index (χ0v) is 15.0. The molecule has 1 aromatic carbocycles. The lowest BCUT2D eigenvalue weighted by molar-refractivity contribution is 0.00342. The van der Waals surface area contributed by atoms with Gasteiger partial charge in [0.25, 0.3) is 0 Å². The molecule has 2 aliphatic heterocycles. The molecule has 1 N–H and O–H groups in total. The van der Waals surface area contributed by atoms with E-state index in [4.69, 9.17) is 4.74 Å². The van der Waals surface area contributed by atoms with Crippen LogP contribution < -0.4 is 0 Å². The summed E-state index contributed by atoms with van der Waals surface area (Å²) in [6.07, 6.45) is 3.47. The molecule has 1 aromatic rings. The van der Waals surface area contributed by atoms with E-state index in [0.29, 0.717) is 0 Å². The largest absolute Gasteiger partial charge is 0.390 e. The molecule has 0 amide bonds. The fourth-order valence-electron chi connectivity index (χ4n) is 3.98. The second kappa shape index (κ2) is 8.95. The van der Waals surface area contributed by atoms with E-state index in [0.717, 1.165) is 64.8 Å². The average Bonchev–Trinajstić information content (AvgIpc) is 2.58. The van der Waals surface area contributed by atoms with Gasteiger partial charge in [0, 0.05) is 32.7 Å². The number of morpholine rings is 1. The number of hydrogen-bond donors (Lipinski definition) is 1. The molecule has 4 heteroatoms. The highest BCUT2D eigenvalue weighted by Crippen LogP contribution is 2.21. The molecule has 2 fully saturated rings.